The third-order valence-electron chi connectivity index (χ3n) is 4.01. The maximum Gasteiger partial charge on any atom is 0.273 e. The molecule has 0 saturated heterocycles. The molecule has 0 saturated carbocycles. The van der Waals surface area contributed by atoms with E-state index in [2.05, 4.69) is 15.3 Å². The Labute approximate surface area is 151 Å². The summed E-state index contributed by atoms with van der Waals surface area (Å²) >= 11 is 0. The Bertz CT molecular complexity index is 886. The molecule has 2 aromatic heterocycles. The maximum atomic E-state index is 12.4. The van der Waals surface area contributed by atoms with Crippen molar-refractivity contribution >= 4 is 11.7 Å². The van der Waals surface area contributed by atoms with Crippen LogP contribution < -0.4 is 5.32 Å². The second-order valence-corrected chi connectivity index (χ2v) is 5.88. The minimum atomic E-state index is -0.279. The molecule has 1 N–H and O–H groups in total. The van der Waals surface area contributed by atoms with Crippen molar-refractivity contribution < 1.29 is 14.0 Å². The van der Waals surface area contributed by atoms with E-state index in [1.54, 1.807) is 36.7 Å². The number of carbonyl (C=O) groups excluding carboxylic acids is 2. The van der Waals surface area contributed by atoms with Crippen LogP contribution in [0.25, 0.3) is 11.3 Å². The second-order valence-electron chi connectivity index (χ2n) is 5.88. The van der Waals surface area contributed by atoms with Crippen molar-refractivity contribution in [3.8, 4) is 11.3 Å². The minimum absolute atomic E-state index is 0.0127. The van der Waals surface area contributed by atoms with Gasteiger partial charge >= 0.3 is 0 Å². The number of carbonyl (C=O) groups is 2. The van der Waals surface area contributed by atoms with E-state index in [0.717, 1.165) is 12.8 Å². The zero-order valence-corrected chi connectivity index (χ0v) is 14.4. The van der Waals surface area contributed by atoms with Crippen LogP contribution in [0.1, 0.15) is 39.8 Å². The average molecular weight is 349 g/mol. The van der Waals surface area contributed by atoms with Gasteiger partial charge < -0.3 is 9.73 Å². The van der Waals surface area contributed by atoms with Crippen molar-refractivity contribution in [2.75, 3.05) is 6.54 Å². The first-order chi connectivity index (χ1) is 12.6. The number of aryl methyl sites for hydroxylation is 1. The van der Waals surface area contributed by atoms with Crippen molar-refractivity contribution in [2.45, 2.75) is 19.8 Å². The lowest BCUT2D eigenvalue weighted by Crippen LogP contribution is -2.25. The molecule has 1 aromatic carbocycles. The number of pyridine rings is 1. The third kappa shape index (κ3) is 4.22. The number of nitrogens with one attached hydrogen (secondary N) is 1. The number of ketones is 1. The van der Waals surface area contributed by atoms with Crippen molar-refractivity contribution in [1.82, 2.24) is 15.3 Å². The first-order valence-corrected chi connectivity index (χ1v) is 8.37. The lowest BCUT2D eigenvalue weighted by Gasteiger charge is -2.05. The predicted octanol–water partition coefficient (Wildman–Crippen LogP) is 3.30. The van der Waals surface area contributed by atoms with Gasteiger partial charge in [0, 0.05) is 30.1 Å². The van der Waals surface area contributed by atoms with Gasteiger partial charge in [-0.2, -0.15) is 0 Å². The van der Waals surface area contributed by atoms with Crippen molar-refractivity contribution in [1.29, 1.82) is 0 Å². The first kappa shape index (κ1) is 17.5. The fourth-order valence-electron chi connectivity index (χ4n) is 2.60. The number of hydrogen-bond acceptors (Lipinski definition) is 5. The number of benzene rings is 1. The zero-order chi connectivity index (χ0) is 18.4. The summed E-state index contributed by atoms with van der Waals surface area (Å²) in [5, 5.41) is 2.86. The number of amides is 1. The van der Waals surface area contributed by atoms with Gasteiger partial charge in [-0.3, -0.25) is 14.6 Å². The average Bonchev–Trinajstić information content (AvgIpc) is 3.16. The molecule has 0 aliphatic carbocycles. The summed E-state index contributed by atoms with van der Waals surface area (Å²) in [6.45, 7) is 2.05. The molecule has 3 aromatic rings. The number of oxazole rings is 1. The molecule has 26 heavy (non-hydrogen) atoms. The van der Waals surface area contributed by atoms with Crippen LogP contribution in [0.15, 0.2) is 59.6 Å². The standard InChI is InChI=1S/C20H19N3O3/c1-14(24)16-4-6-17(7-5-16)19-18(23-13-26-19)20(25)22-10-2-3-15-8-11-21-12-9-15/h4-9,11-13H,2-3,10H2,1H3,(H,22,25). The molecule has 3 rings (SSSR count). The molecule has 6 heteroatoms. The molecule has 132 valence electrons. The Morgan fingerprint density at radius 2 is 1.81 bits per heavy atom. The van der Waals surface area contributed by atoms with Gasteiger partial charge in [0.05, 0.1) is 0 Å². The molecule has 0 radical (unpaired) electrons. The van der Waals surface area contributed by atoms with Crippen LogP contribution in [0, 0.1) is 0 Å². The Balaban J connectivity index is 1.60. The van der Waals surface area contributed by atoms with Crippen LogP contribution in [0.5, 0.6) is 0 Å². The minimum Gasteiger partial charge on any atom is -0.443 e. The molecule has 0 aliphatic rings. The van der Waals surface area contributed by atoms with Crippen LogP contribution >= 0.6 is 0 Å². The van der Waals surface area contributed by atoms with Crippen molar-refractivity contribution in [3.05, 3.63) is 72.0 Å². The number of aromatic nitrogens is 2. The molecule has 0 fully saturated rings. The summed E-state index contributed by atoms with van der Waals surface area (Å²) in [5.74, 6) is 0.104. The van der Waals surface area contributed by atoms with Crippen LogP contribution in [0.3, 0.4) is 0 Å². The summed E-state index contributed by atoms with van der Waals surface area (Å²) in [4.78, 5) is 31.8. The van der Waals surface area contributed by atoms with Gasteiger partial charge in [0.15, 0.2) is 23.6 Å². The number of rotatable bonds is 7. The van der Waals surface area contributed by atoms with E-state index in [1.807, 2.05) is 12.1 Å². The Morgan fingerprint density at radius 3 is 2.50 bits per heavy atom. The molecule has 1 amide bonds. The maximum absolute atomic E-state index is 12.4. The predicted molar refractivity (Wildman–Crippen MR) is 96.8 cm³/mol. The third-order valence-corrected chi connectivity index (χ3v) is 4.01. The van der Waals surface area contributed by atoms with E-state index in [-0.39, 0.29) is 17.4 Å². The monoisotopic (exact) mass is 349 g/mol. The largest absolute Gasteiger partial charge is 0.443 e. The molecule has 0 aliphatic heterocycles. The van der Waals surface area contributed by atoms with E-state index >= 15 is 0 Å². The van der Waals surface area contributed by atoms with Gasteiger partial charge in [0.1, 0.15) is 0 Å². The SMILES string of the molecule is CC(=O)c1ccc(-c2ocnc2C(=O)NCCCc2ccncc2)cc1. The molecule has 0 spiro atoms. The summed E-state index contributed by atoms with van der Waals surface area (Å²) in [6.07, 6.45) is 6.44. The smallest absolute Gasteiger partial charge is 0.273 e. The number of hydrogen-bond donors (Lipinski definition) is 1. The molecule has 0 unspecified atom stereocenters. The molecule has 0 bridgehead atoms. The fourth-order valence-corrected chi connectivity index (χ4v) is 2.60. The van der Waals surface area contributed by atoms with E-state index in [1.165, 1.54) is 18.9 Å². The first-order valence-electron chi connectivity index (χ1n) is 8.37. The summed E-state index contributed by atoms with van der Waals surface area (Å²) in [6, 6.07) is 10.8. The number of Topliss-reactive ketones (excluding diaryl/α,β-unsaturated/α-hetero) is 1. The zero-order valence-electron chi connectivity index (χ0n) is 14.4. The molecule has 6 nitrogen and oxygen atoms in total. The van der Waals surface area contributed by atoms with Gasteiger partial charge in [0.25, 0.3) is 5.91 Å². The molecule has 2 heterocycles. The summed E-state index contributed by atoms with van der Waals surface area (Å²) in [7, 11) is 0. The normalized spacial score (nSPS) is 10.5. The Kier molecular flexibility index (Phi) is 5.53. The lowest BCUT2D eigenvalue weighted by molar-refractivity contribution is 0.0948. The summed E-state index contributed by atoms with van der Waals surface area (Å²) < 4.78 is 5.38. The number of nitrogens with zero attached hydrogens (tertiary/aromatic N) is 2. The molecular formula is C20H19N3O3. The van der Waals surface area contributed by atoms with E-state index in [0.29, 0.717) is 23.4 Å². The van der Waals surface area contributed by atoms with Gasteiger partial charge in [-0.15, -0.1) is 0 Å². The lowest BCUT2D eigenvalue weighted by atomic mass is 10.1. The fraction of sp³-hybridized carbons (Fsp3) is 0.200. The molecular weight excluding hydrogens is 330 g/mol. The second kappa shape index (κ2) is 8.20. The van der Waals surface area contributed by atoms with Crippen LogP contribution in [-0.2, 0) is 6.42 Å². The van der Waals surface area contributed by atoms with Gasteiger partial charge in [0.2, 0.25) is 0 Å². The van der Waals surface area contributed by atoms with Gasteiger partial charge in [-0.1, -0.05) is 24.3 Å². The summed E-state index contributed by atoms with van der Waals surface area (Å²) in [5.41, 5.74) is 2.73. The highest BCUT2D eigenvalue weighted by molar-refractivity contribution is 5.98. The van der Waals surface area contributed by atoms with Gasteiger partial charge in [-0.25, -0.2) is 4.98 Å². The van der Waals surface area contributed by atoms with Crippen LogP contribution in [0.2, 0.25) is 0 Å². The quantitative estimate of drug-likeness (QED) is 0.522. The highest BCUT2D eigenvalue weighted by atomic mass is 16.3. The van der Waals surface area contributed by atoms with Gasteiger partial charge in [-0.05, 0) is 37.5 Å². The van der Waals surface area contributed by atoms with E-state index < -0.39 is 0 Å². The van der Waals surface area contributed by atoms with E-state index in [9.17, 15) is 9.59 Å². The van der Waals surface area contributed by atoms with Crippen LogP contribution in [-0.4, -0.2) is 28.2 Å². The topological polar surface area (TPSA) is 85.1 Å². The van der Waals surface area contributed by atoms with E-state index in [4.69, 9.17) is 4.42 Å². The van der Waals surface area contributed by atoms with Crippen molar-refractivity contribution in [2.24, 2.45) is 0 Å². The van der Waals surface area contributed by atoms with Crippen molar-refractivity contribution in [3.63, 3.8) is 0 Å². The Morgan fingerprint density at radius 1 is 1.08 bits per heavy atom. The highest BCUT2D eigenvalue weighted by Crippen LogP contribution is 2.23. The Hall–Kier alpha value is -3.28. The van der Waals surface area contributed by atoms with Crippen LogP contribution in [0.4, 0.5) is 0 Å². The highest BCUT2D eigenvalue weighted by Gasteiger charge is 2.18. The molecule has 0 atom stereocenters.